The van der Waals surface area contributed by atoms with Gasteiger partial charge in [-0.15, -0.1) is 0 Å². The summed E-state index contributed by atoms with van der Waals surface area (Å²) >= 11 is 0. The molecule has 0 aliphatic carbocycles. The predicted octanol–water partition coefficient (Wildman–Crippen LogP) is 8.28. The lowest BCUT2D eigenvalue weighted by Gasteiger charge is -2.20. The van der Waals surface area contributed by atoms with E-state index in [9.17, 15) is 20.1 Å². The predicted molar refractivity (Wildman–Crippen MR) is 190 cm³/mol. The molecule has 0 saturated carbocycles. The van der Waals surface area contributed by atoms with Gasteiger partial charge in [0.2, 0.25) is 0 Å². The van der Waals surface area contributed by atoms with Crippen molar-refractivity contribution in [3.05, 3.63) is 0 Å². The van der Waals surface area contributed by atoms with E-state index in [1.54, 1.807) is 0 Å². The summed E-state index contributed by atoms with van der Waals surface area (Å²) in [5.74, 6) is -0.332. The first-order valence-electron chi connectivity index (χ1n) is 20.2. The van der Waals surface area contributed by atoms with Gasteiger partial charge in [-0.05, 0) is 19.3 Å². The van der Waals surface area contributed by atoms with Gasteiger partial charge in [0.1, 0.15) is 37.1 Å². The monoisotopic (exact) mass is 687 g/mol. The normalized spacial score (nSPS) is 24.8. The van der Waals surface area contributed by atoms with Crippen LogP contribution in [0.1, 0.15) is 181 Å². The summed E-state index contributed by atoms with van der Waals surface area (Å²) in [7, 11) is 0. The molecule has 2 rings (SSSR count). The minimum atomic E-state index is -1.28. The van der Waals surface area contributed by atoms with E-state index >= 15 is 0 Å². The Morgan fingerprint density at radius 3 is 1.65 bits per heavy atom. The second kappa shape index (κ2) is 28.8. The molecule has 48 heavy (non-hydrogen) atoms. The molecule has 2 heterocycles. The van der Waals surface area contributed by atoms with Gasteiger partial charge in [-0.2, -0.15) is 0 Å². The first kappa shape index (κ1) is 43.4. The number of rotatable bonds is 32. The zero-order valence-corrected chi connectivity index (χ0v) is 30.8. The van der Waals surface area contributed by atoms with Crippen molar-refractivity contribution >= 4 is 5.97 Å². The van der Waals surface area contributed by atoms with Crippen LogP contribution in [0.25, 0.3) is 0 Å². The fourth-order valence-electron chi connectivity index (χ4n) is 6.69. The van der Waals surface area contributed by atoms with E-state index in [4.69, 9.17) is 23.7 Å². The van der Waals surface area contributed by atoms with E-state index in [1.165, 1.54) is 122 Å². The SMILES string of the molecule is CCCCCCCCCCCCCCCCC[C@@H]1OC[C@H]([C@@H]2O[C@@H](OC[C@H](O)COC(=O)CCCCCCCCCCC)[C@H](O)[C@H]2O)O1. The molecule has 0 aromatic carbocycles. The third kappa shape index (κ3) is 20.1. The lowest BCUT2D eigenvalue weighted by molar-refractivity contribution is -0.195. The maximum absolute atomic E-state index is 12.0. The second-order valence-electron chi connectivity index (χ2n) is 14.4. The third-order valence-corrected chi connectivity index (χ3v) is 9.81. The van der Waals surface area contributed by atoms with Crippen molar-refractivity contribution in [2.45, 2.75) is 224 Å². The number of esters is 1. The van der Waals surface area contributed by atoms with Crippen molar-refractivity contribution in [3.8, 4) is 0 Å². The number of hydrogen-bond acceptors (Lipinski definition) is 9. The Morgan fingerprint density at radius 2 is 1.12 bits per heavy atom. The van der Waals surface area contributed by atoms with E-state index in [2.05, 4.69) is 13.8 Å². The van der Waals surface area contributed by atoms with Gasteiger partial charge < -0.3 is 39.0 Å². The van der Waals surface area contributed by atoms with Gasteiger partial charge >= 0.3 is 5.97 Å². The third-order valence-electron chi connectivity index (χ3n) is 9.81. The van der Waals surface area contributed by atoms with Crippen molar-refractivity contribution in [1.29, 1.82) is 0 Å². The summed E-state index contributed by atoms with van der Waals surface area (Å²) in [6, 6.07) is 0. The Morgan fingerprint density at radius 1 is 0.646 bits per heavy atom. The molecule has 2 aliphatic heterocycles. The van der Waals surface area contributed by atoms with Crippen LogP contribution in [-0.2, 0) is 28.5 Å². The molecule has 9 heteroatoms. The first-order valence-corrected chi connectivity index (χ1v) is 20.2. The minimum absolute atomic E-state index is 0.189. The minimum Gasteiger partial charge on any atom is -0.463 e. The van der Waals surface area contributed by atoms with E-state index in [-0.39, 0.29) is 32.1 Å². The summed E-state index contributed by atoms with van der Waals surface area (Å²) in [6.07, 6.45) is 25.2. The quantitative estimate of drug-likeness (QED) is 0.0474. The Balaban J connectivity index is 1.45. The lowest BCUT2D eigenvalue weighted by atomic mass is 10.0. The Kier molecular flexibility index (Phi) is 26.0. The zero-order valence-electron chi connectivity index (χ0n) is 30.8. The average molecular weight is 687 g/mol. The Bertz CT molecular complexity index is 753. The molecule has 2 saturated heterocycles. The highest BCUT2D eigenvalue weighted by Crippen LogP contribution is 2.30. The van der Waals surface area contributed by atoms with Crippen LogP contribution in [0.5, 0.6) is 0 Å². The molecule has 0 aromatic heterocycles. The van der Waals surface area contributed by atoms with Crippen LogP contribution >= 0.6 is 0 Å². The van der Waals surface area contributed by atoms with Gasteiger partial charge in [-0.25, -0.2) is 0 Å². The van der Waals surface area contributed by atoms with E-state index in [1.807, 2.05) is 0 Å². The maximum Gasteiger partial charge on any atom is 0.305 e. The van der Waals surface area contributed by atoms with Crippen LogP contribution in [-0.4, -0.2) is 84.2 Å². The molecular formula is C39H74O9. The van der Waals surface area contributed by atoms with Gasteiger partial charge in [0, 0.05) is 6.42 Å². The van der Waals surface area contributed by atoms with E-state index in [0.29, 0.717) is 6.42 Å². The van der Waals surface area contributed by atoms with Crippen molar-refractivity contribution in [2.75, 3.05) is 19.8 Å². The van der Waals surface area contributed by atoms with Crippen molar-refractivity contribution in [2.24, 2.45) is 0 Å². The average Bonchev–Trinajstić information content (AvgIpc) is 3.67. The van der Waals surface area contributed by atoms with Gasteiger partial charge in [-0.3, -0.25) is 4.79 Å². The topological polar surface area (TPSA) is 124 Å². The van der Waals surface area contributed by atoms with Crippen molar-refractivity contribution in [3.63, 3.8) is 0 Å². The van der Waals surface area contributed by atoms with E-state index in [0.717, 1.165) is 38.5 Å². The number of aliphatic hydroxyl groups is 3. The molecule has 0 spiro atoms. The van der Waals surface area contributed by atoms with E-state index < -0.39 is 36.8 Å². The number of hydrogen-bond donors (Lipinski definition) is 3. The summed E-state index contributed by atoms with van der Waals surface area (Å²) in [4.78, 5) is 12.0. The highest BCUT2D eigenvalue weighted by Gasteiger charge is 2.49. The molecule has 9 nitrogen and oxygen atoms in total. The maximum atomic E-state index is 12.0. The second-order valence-corrected chi connectivity index (χ2v) is 14.4. The molecule has 0 radical (unpaired) electrons. The van der Waals surface area contributed by atoms with Crippen LogP contribution < -0.4 is 0 Å². The fraction of sp³-hybridized carbons (Fsp3) is 0.974. The fourth-order valence-corrected chi connectivity index (χ4v) is 6.69. The van der Waals surface area contributed by atoms with Crippen LogP contribution in [0.3, 0.4) is 0 Å². The van der Waals surface area contributed by atoms with Gasteiger partial charge in [0.15, 0.2) is 12.6 Å². The molecule has 2 aliphatic rings. The zero-order chi connectivity index (χ0) is 34.7. The largest absolute Gasteiger partial charge is 0.463 e. The smallest absolute Gasteiger partial charge is 0.305 e. The number of unbranched alkanes of at least 4 members (excludes halogenated alkanes) is 22. The molecule has 2 fully saturated rings. The van der Waals surface area contributed by atoms with Crippen LogP contribution in [0.4, 0.5) is 0 Å². The molecule has 0 aromatic rings. The van der Waals surface area contributed by atoms with Crippen LogP contribution in [0.2, 0.25) is 0 Å². The summed E-state index contributed by atoms with van der Waals surface area (Å²) in [6.45, 7) is 4.38. The molecule has 284 valence electrons. The molecule has 7 atom stereocenters. The number of carbonyl (C=O) groups excluding carboxylic acids is 1. The van der Waals surface area contributed by atoms with Crippen molar-refractivity contribution < 1.29 is 43.8 Å². The summed E-state index contributed by atoms with van der Waals surface area (Å²) in [5, 5.41) is 31.3. The summed E-state index contributed by atoms with van der Waals surface area (Å²) in [5.41, 5.74) is 0. The number of aliphatic hydroxyl groups excluding tert-OH is 3. The number of carbonyl (C=O) groups is 1. The van der Waals surface area contributed by atoms with Gasteiger partial charge in [-0.1, -0.05) is 155 Å². The number of ether oxygens (including phenoxy) is 5. The lowest BCUT2D eigenvalue weighted by Crippen LogP contribution is -2.40. The summed E-state index contributed by atoms with van der Waals surface area (Å²) < 4.78 is 28.4. The molecule has 3 N–H and O–H groups in total. The molecule has 0 amide bonds. The highest BCUT2D eigenvalue weighted by atomic mass is 16.8. The van der Waals surface area contributed by atoms with Crippen LogP contribution in [0, 0.1) is 0 Å². The Hall–Kier alpha value is -0.810. The van der Waals surface area contributed by atoms with Crippen LogP contribution in [0.15, 0.2) is 0 Å². The Labute approximate surface area is 293 Å². The molecular weight excluding hydrogens is 612 g/mol. The van der Waals surface area contributed by atoms with Gasteiger partial charge in [0.25, 0.3) is 0 Å². The first-order chi connectivity index (χ1) is 23.5. The standard InChI is InChI=1S/C39H74O9/c1-3-5-7-9-11-13-14-15-16-17-18-20-22-24-26-28-35-45-31-33(47-35)38-36(42)37(43)39(48-38)46-30-32(40)29-44-34(41)27-25-23-21-19-12-10-8-6-4-2/h32-33,35-40,42-43H,3-31H2,1-2H3/t32-,33-,35-,36-,37-,38+,39-/m1/s1. The highest BCUT2D eigenvalue weighted by molar-refractivity contribution is 5.69. The molecule has 0 unspecified atom stereocenters. The van der Waals surface area contributed by atoms with Crippen molar-refractivity contribution in [1.82, 2.24) is 0 Å². The molecule has 0 bridgehead atoms. The van der Waals surface area contributed by atoms with Gasteiger partial charge in [0.05, 0.1) is 13.2 Å².